The molecule has 0 N–H and O–H groups in total. The molecule has 0 saturated carbocycles. The van der Waals surface area contributed by atoms with Crippen LogP contribution in [0.25, 0.3) is 0 Å². The second-order valence-corrected chi connectivity index (χ2v) is 7.27. The third-order valence-electron chi connectivity index (χ3n) is 3.72. The molecular weight excluding hydrogens is 384 g/mol. The van der Waals surface area contributed by atoms with Crippen LogP contribution in [-0.4, -0.2) is 46.9 Å². The Hall–Kier alpha value is -3.56. The minimum Gasteiger partial charge on any atom is -0.418 e. The molecule has 0 aromatic heterocycles. The van der Waals surface area contributed by atoms with Gasteiger partial charge in [0.1, 0.15) is 0 Å². The predicted molar refractivity (Wildman–Crippen MR) is 97.9 cm³/mol. The predicted octanol–water partition coefficient (Wildman–Crippen LogP) is 1.81. The van der Waals surface area contributed by atoms with Gasteiger partial charge in [-0.05, 0) is 24.6 Å². The van der Waals surface area contributed by atoms with Gasteiger partial charge in [-0.1, -0.05) is 6.07 Å². The number of carbonyl (C=O) groups is 4. The van der Waals surface area contributed by atoms with Gasteiger partial charge in [0.15, 0.2) is 0 Å². The van der Waals surface area contributed by atoms with E-state index in [0.29, 0.717) is 0 Å². The molecule has 29 heavy (non-hydrogen) atoms. The number of aryl methyl sites for hydroxylation is 1. The quantitative estimate of drug-likeness (QED) is 0.685. The molecule has 2 aliphatic rings. The number of nitrogens with zero attached hydrogens (tertiary/aromatic N) is 2. The molecule has 2 saturated heterocycles. The monoisotopic (exact) mass is 402 g/mol. The SMILES string of the molecule is Cc1ccc(N=C2C(=O)OC(C)(C)OC2=O)c(N=C2C(=O)OC(C)(C)OC2=O)c1. The number of esters is 4. The van der Waals surface area contributed by atoms with Gasteiger partial charge in [0.25, 0.3) is 11.6 Å². The summed E-state index contributed by atoms with van der Waals surface area (Å²) in [4.78, 5) is 56.6. The molecule has 0 bridgehead atoms. The zero-order valence-electron chi connectivity index (χ0n) is 16.4. The van der Waals surface area contributed by atoms with Crippen LogP contribution in [0.2, 0.25) is 0 Å². The first kappa shape index (κ1) is 20.2. The standard InChI is InChI=1S/C19H18N2O8/c1-9-6-7-10(20-12-14(22)26-18(2,3)27-15(12)23)11(8-9)21-13-16(24)28-19(4,5)29-17(13)25/h6-8H,1-5H3. The van der Waals surface area contributed by atoms with Crippen molar-refractivity contribution in [2.45, 2.75) is 46.2 Å². The molecule has 0 unspecified atom stereocenters. The molecule has 2 fully saturated rings. The van der Waals surface area contributed by atoms with Gasteiger partial charge in [0, 0.05) is 27.7 Å². The fourth-order valence-electron chi connectivity index (χ4n) is 2.54. The van der Waals surface area contributed by atoms with Crippen LogP contribution in [0, 0.1) is 6.92 Å². The van der Waals surface area contributed by atoms with Crippen LogP contribution >= 0.6 is 0 Å². The van der Waals surface area contributed by atoms with Crippen molar-refractivity contribution >= 4 is 46.7 Å². The second kappa shape index (κ2) is 6.80. The third kappa shape index (κ3) is 4.31. The van der Waals surface area contributed by atoms with E-state index in [1.54, 1.807) is 13.0 Å². The summed E-state index contributed by atoms with van der Waals surface area (Å²) in [5, 5.41) is 0. The Morgan fingerprint density at radius 2 is 1.03 bits per heavy atom. The van der Waals surface area contributed by atoms with Gasteiger partial charge < -0.3 is 18.9 Å². The van der Waals surface area contributed by atoms with Crippen LogP contribution < -0.4 is 0 Å². The van der Waals surface area contributed by atoms with E-state index in [1.165, 1.54) is 39.8 Å². The number of carbonyl (C=O) groups excluding carboxylic acids is 4. The lowest BCUT2D eigenvalue weighted by atomic mass is 10.2. The summed E-state index contributed by atoms with van der Waals surface area (Å²) in [6.07, 6.45) is 0. The van der Waals surface area contributed by atoms with Crippen molar-refractivity contribution in [1.29, 1.82) is 0 Å². The number of ether oxygens (including phenoxy) is 4. The number of hydrogen-bond acceptors (Lipinski definition) is 10. The van der Waals surface area contributed by atoms with Gasteiger partial charge in [-0.25, -0.2) is 29.2 Å². The average molecular weight is 402 g/mol. The molecule has 152 valence electrons. The first-order chi connectivity index (χ1) is 13.4. The normalized spacial score (nSPS) is 20.3. The van der Waals surface area contributed by atoms with Crippen molar-refractivity contribution in [3.8, 4) is 0 Å². The highest BCUT2D eigenvalue weighted by molar-refractivity contribution is 6.64. The molecule has 2 aliphatic heterocycles. The van der Waals surface area contributed by atoms with Gasteiger partial charge in [0.2, 0.25) is 11.4 Å². The molecule has 1 aromatic rings. The number of cyclic esters (lactones) is 4. The molecule has 10 heteroatoms. The Kier molecular flexibility index (Phi) is 4.73. The summed E-state index contributed by atoms with van der Waals surface area (Å²) in [5.74, 6) is -6.70. The highest BCUT2D eigenvalue weighted by Gasteiger charge is 2.42. The molecule has 1 aromatic carbocycles. The largest absolute Gasteiger partial charge is 0.418 e. The molecule has 0 aliphatic carbocycles. The lowest BCUT2D eigenvalue weighted by molar-refractivity contribution is -0.216. The van der Waals surface area contributed by atoms with E-state index in [4.69, 9.17) is 18.9 Å². The van der Waals surface area contributed by atoms with Crippen molar-refractivity contribution < 1.29 is 38.1 Å². The highest BCUT2D eigenvalue weighted by atomic mass is 16.7. The van der Waals surface area contributed by atoms with E-state index in [0.717, 1.165) is 5.56 Å². The molecule has 2 heterocycles. The van der Waals surface area contributed by atoms with Crippen LogP contribution in [0.3, 0.4) is 0 Å². The minimum absolute atomic E-state index is 0.0390. The number of rotatable bonds is 2. The van der Waals surface area contributed by atoms with Crippen molar-refractivity contribution in [1.82, 2.24) is 0 Å². The minimum atomic E-state index is -1.41. The zero-order valence-corrected chi connectivity index (χ0v) is 16.4. The molecule has 10 nitrogen and oxygen atoms in total. The van der Waals surface area contributed by atoms with Gasteiger partial charge in [-0.15, -0.1) is 0 Å². The van der Waals surface area contributed by atoms with Crippen LogP contribution in [0.5, 0.6) is 0 Å². The van der Waals surface area contributed by atoms with Crippen LogP contribution in [0.1, 0.15) is 33.3 Å². The lowest BCUT2D eigenvalue weighted by Crippen LogP contribution is -2.46. The first-order valence-electron chi connectivity index (χ1n) is 8.58. The molecule has 3 rings (SSSR count). The van der Waals surface area contributed by atoms with E-state index in [9.17, 15) is 19.2 Å². The van der Waals surface area contributed by atoms with E-state index < -0.39 is 46.9 Å². The maximum atomic E-state index is 12.1. The van der Waals surface area contributed by atoms with Crippen molar-refractivity contribution in [3.63, 3.8) is 0 Å². The summed E-state index contributed by atoms with van der Waals surface area (Å²) >= 11 is 0. The van der Waals surface area contributed by atoms with Gasteiger partial charge in [-0.3, -0.25) is 0 Å². The molecule has 0 atom stereocenters. The summed E-state index contributed by atoms with van der Waals surface area (Å²) in [5.41, 5.74) is -0.374. The van der Waals surface area contributed by atoms with E-state index in [-0.39, 0.29) is 11.4 Å². The van der Waals surface area contributed by atoms with Gasteiger partial charge in [0.05, 0.1) is 11.4 Å². The van der Waals surface area contributed by atoms with Crippen LogP contribution in [0.4, 0.5) is 11.4 Å². The van der Waals surface area contributed by atoms with E-state index in [1.807, 2.05) is 0 Å². The molecule has 0 radical (unpaired) electrons. The smallest absolute Gasteiger partial charge is 0.367 e. The van der Waals surface area contributed by atoms with Crippen LogP contribution in [-0.2, 0) is 38.1 Å². The lowest BCUT2D eigenvalue weighted by Gasteiger charge is -2.29. The van der Waals surface area contributed by atoms with Crippen molar-refractivity contribution in [2.75, 3.05) is 0 Å². The number of aliphatic imine (C=N–C) groups is 2. The number of hydrogen-bond donors (Lipinski definition) is 0. The Morgan fingerprint density at radius 3 is 1.45 bits per heavy atom. The molecular formula is C19H18N2O8. The number of benzene rings is 1. The first-order valence-corrected chi connectivity index (χ1v) is 8.58. The third-order valence-corrected chi connectivity index (χ3v) is 3.72. The summed E-state index contributed by atoms with van der Waals surface area (Å²) in [7, 11) is 0. The summed E-state index contributed by atoms with van der Waals surface area (Å²) < 4.78 is 20.0. The van der Waals surface area contributed by atoms with Crippen molar-refractivity contribution in [3.05, 3.63) is 23.8 Å². The van der Waals surface area contributed by atoms with E-state index in [2.05, 4.69) is 9.98 Å². The summed E-state index contributed by atoms with van der Waals surface area (Å²) in [6.45, 7) is 7.37. The van der Waals surface area contributed by atoms with Gasteiger partial charge >= 0.3 is 23.9 Å². The van der Waals surface area contributed by atoms with Crippen molar-refractivity contribution in [2.24, 2.45) is 9.98 Å². The topological polar surface area (TPSA) is 130 Å². The maximum Gasteiger partial charge on any atom is 0.367 e. The highest BCUT2D eigenvalue weighted by Crippen LogP contribution is 2.32. The Bertz CT molecular complexity index is 959. The second-order valence-electron chi connectivity index (χ2n) is 7.27. The fraction of sp³-hybridized carbons (Fsp3) is 0.368. The average Bonchev–Trinajstić information content (AvgIpc) is 2.54. The molecule has 0 amide bonds. The fourth-order valence-corrected chi connectivity index (χ4v) is 2.54. The van der Waals surface area contributed by atoms with E-state index >= 15 is 0 Å². The van der Waals surface area contributed by atoms with Crippen LogP contribution in [0.15, 0.2) is 28.2 Å². The maximum absolute atomic E-state index is 12.1. The molecule has 0 spiro atoms. The summed E-state index contributed by atoms with van der Waals surface area (Å²) in [6, 6.07) is 4.62. The Balaban J connectivity index is 2.04. The zero-order chi connectivity index (χ0) is 21.6. The van der Waals surface area contributed by atoms with Gasteiger partial charge in [-0.2, -0.15) is 0 Å². The Morgan fingerprint density at radius 1 is 0.655 bits per heavy atom. The Labute approximate surface area is 165 Å².